The highest BCUT2D eigenvalue weighted by molar-refractivity contribution is 5.82. The molecule has 3 nitrogen and oxygen atoms in total. The topological polar surface area (TPSA) is 41.1 Å². The first-order chi connectivity index (χ1) is 9.70. The summed E-state index contributed by atoms with van der Waals surface area (Å²) in [6.45, 7) is 5.47. The summed E-state index contributed by atoms with van der Waals surface area (Å²) in [4.78, 5) is 12.2. The standard InChI is InChI=1S/C17H30N2O/c1-13-2-4-14(5-3-13)6-9-19-16(20)15-12-17(15)7-10-18-11-8-17/h13-15,18H,2-12H2,1H3,(H,19,20). The number of amides is 1. The number of nitrogens with one attached hydrogen (secondary N) is 2. The van der Waals surface area contributed by atoms with Crippen molar-refractivity contribution in [2.45, 2.75) is 58.3 Å². The Labute approximate surface area is 123 Å². The molecular weight excluding hydrogens is 248 g/mol. The van der Waals surface area contributed by atoms with E-state index in [4.69, 9.17) is 0 Å². The fourth-order valence-corrected chi connectivity index (χ4v) is 4.34. The Morgan fingerprint density at radius 2 is 1.90 bits per heavy atom. The highest BCUT2D eigenvalue weighted by Gasteiger charge is 2.57. The van der Waals surface area contributed by atoms with Crippen molar-refractivity contribution in [2.75, 3.05) is 19.6 Å². The number of carbonyl (C=O) groups is 1. The van der Waals surface area contributed by atoms with Gasteiger partial charge < -0.3 is 10.6 Å². The Balaban J connectivity index is 1.34. The summed E-state index contributed by atoms with van der Waals surface area (Å²) in [5.41, 5.74) is 0.385. The van der Waals surface area contributed by atoms with Crippen LogP contribution in [0.1, 0.15) is 58.3 Å². The first-order valence-electron chi connectivity index (χ1n) is 8.68. The number of piperidine rings is 1. The van der Waals surface area contributed by atoms with Gasteiger partial charge in [-0.2, -0.15) is 0 Å². The first kappa shape index (κ1) is 14.4. The molecule has 114 valence electrons. The van der Waals surface area contributed by atoms with Gasteiger partial charge in [-0.1, -0.05) is 32.6 Å². The molecule has 0 aromatic rings. The number of hydrogen-bond acceptors (Lipinski definition) is 2. The molecule has 0 bridgehead atoms. The van der Waals surface area contributed by atoms with Gasteiger partial charge in [0.05, 0.1) is 0 Å². The maximum absolute atomic E-state index is 12.2. The van der Waals surface area contributed by atoms with Gasteiger partial charge in [0, 0.05) is 12.5 Å². The highest BCUT2D eigenvalue weighted by Crippen LogP contribution is 2.58. The summed E-state index contributed by atoms with van der Waals surface area (Å²) >= 11 is 0. The van der Waals surface area contributed by atoms with Gasteiger partial charge >= 0.3 is 0 Å². The third kappa shape index (κ3) is 3.19. The van der Waals surface area contributed by atoms with Crippen LogP contribution in [0.4, 0.5) is 0 Å². The zero-order valence-electron chi connectivity index (χ0n) is 12.9. The maximum Gasteiger partial charge on any atom is 0.223 e. The monoisotopic (exact) mass is 278 g/mol. The largest absolute Gasteiger partial charge is 0.356 e. The van der Waals surface area contributed by atoms with Gasteiger partial charge in [-0.25, -0.2) is 0 Å². The molecule has 0 aromatic heterocycles. The van der Waals surface area contributed by atoms with Gasteiger partial charge in [0.1, 0.15) is 0 Å². The normalized spacial score (nSPS) is 35.8. The molecule has 3 rings (SSSR count). The lowest BCUT2D eigenvalue weighted by Gasteiger charge is -2.26. The molecule has 1 saturated heterocycles. The van der Waals surface area contributed by atoms with Gasteiger partial charge in [0.25, 0.3) is 0 Å². The Kier molecular flexibility index (Phi) is 4.34. The van der Waals surface area contributed by atoms with Crippen LogP contribution in [0, 0.1) is 23.2 Å². The third-order valence-electron chi connectivity index (χ3n) is 6.09. The summed E-state index contributed by atoms with van der Waals surface area (Å²) in [6, 6.07) is 0. The van der Waals surface area contributed by atoms with Crippen LogP contribution in [0.3, 0.4) is 0 Å². The van der Waals surface area contributed by atoms with Crippen LogP contribution >= 0.6 is 0 Å². The molecule has 1 aliphatic heterocycles. The van der Waals surface area contributed by atoms with Crippen LogP contribution < -0.4 is 10.6 Å². The van der Waals surface area contributed by atoms with E-state index in [9.17, 15) is 4.79 Å². The van der Waals surface area contributed by atoms with Crippen molar-refractivity contribution in [3.63, 3.8) is 0 Å². The van der Waals surface area contributed by atoms with Gasteiger partial charge in [0.2, 0.25) is 5.91 Å². The molecule has 3 heteroatoms. The van der Waals surface area contributed by atoms with Crippen LogP contribution in [0.2, 0.25) is 0 Å². The SMILES string of the molecule is CC1CCC(CCNC(=O)C2CC23CCNCC3)CC1. The lowest BCUT2D eigenvalue weighted by molar-refractivity contribution is -0.123. The molecule has 0 radical (unpaired) electrons. The minimum atomic E-state index is 0.330. The average molecular weight is 278 g/mol. The summed E-state index contributed by atoms with van der Waals surface area (Å²) in [7, 11) is 0. The van der Waals surface area contributed by atoms with Crippen molar-refractivity contribution in [1.29, 1.82) is 0 Å². The molecule has 1 spiro atoms. The molecule has 3 fully saturated rings. The van der Waals surface area contributed by atoms with Crippen molar-refractivity contribution < 1.29 is 4.79 Å². The summed E-state index contributed by atoms with van der Waals surface area (Å²) in [5.74, 6) is 2.46. The second kappa shape index (κ2) is 6.05. The van der Waals surface area contributed by atoms with Gasteiger partial charge in [-0.3, -0.25) is 4.79 Å². The molecule has 2 saturated carbocycles. The molecule has 1 amide bonds. The van der Waals surface area contributed by atoms with Crippen LogP contribution in [-0.2, 0) is 4.79 Å². The van der Waals surface area contributed by atoms with E-state index in [0.29, 0.717) is 17.2 Å². The fourth-order valence-electron chi connectivity index (χ4n) is 4.34. The van der Waals surface area contributed by atoms with Crippen LogP contribution in [0.25, 0.3) is 0 Å². The van der Waals surface area contributed by atoms with Crippen LogP contribution in [0.5, 0.6) is 0 Å². The minimum Gasteiger partial charge on any atom is -0.356 e. The Hall–Kier alpha value is -0.570. The lowest BCUT2D eigenvalue weighted by atomic mass is 9.81. The fraction of sp³-hybridized carbons (Fsp3) is 0.941. The molecule has 1 atom stereocenters. The van der Waals surface area contributed by atoms with E-state index in [2.05, 4.69) is 17.6 Å². The summed E-state index contributed by atoms with van der Waals surface area (Å²) < 4.78 is 0. The molecule has 1 heterocycles. The van der Waals surface area contributed by atoms with E-state index in [0.717, 1.165) is 37.9 Å². The maximum atomic E-state index is 12.2. The van der Waals surface area contributed by atoms with Crippen molar-refractivity contribution >= 4 is 5.91 Å². The average Bonchev–Trinajstić information content (AvgIpc) is 3.15. The predicted molar refractivity (Wildman–Crippen MR) is 81.4 cm³/mol. The molecule has 2 aliphatic carbocycles. The smallest absolute Gasteiger partial charge is 0.223 e. The van der Waals surface area contributed by atoms with E-state index in [-0.39, 0.29) is 0 Å². The first-order valence-corrected chi connectivity index (χ1v) is 8.68. The van der Waals surface area contributed by atoms with E-state index in [1.807, 2.05) is 0 Å². The van der Waals surface area contributed by atoms with Crippen LogP contribution in [-0.4, -0.2) is 25.5 Å². The quantitative estimate of drug-likeness (QED) is 0.830. The van der Waals surface area contributed by atoms with Gasteiger partial charge in [-0.05, 0) is 56.0 Å². The van der Waals surface area contributed by atoms with E-state index >= 15 is 0 Å². The molecule has 2 N–H and O–H groups in total. The van der Waals surface area contributed by atoms with Crippen molar-refractivity contribution in [1.82, 2.24) is 10.6 Å². The predicted octanol–water partition coefficient (Wildman–Crippen LogP) is 2.71. The summed E-state index contributed by atoms with van der Waals surface area (Å²) in [6.07, 6.45) is 10.2. The number of carbonyl (C=O) groups excluding carboxylic acids is 1. The second-order valence-electron chi connectivity index (χ2n) is 7.57. The van der Waals surface area contributed by atoms with Crippen molar-refractivity contribution in [3.05, 3.63) is 0 Å². The molecule has 1 unspecified atom stereocenters. The van der Waals surface area contributed by atoms with E-state index in [1.165, 1.54) is 44.9 Å². The second-order valence-corrected chi connectivity index (χ2v) is 7.57. The Bertz CT molecular complexity index is 341. The Morgan fingerprint density at radius 1 is 1.20 bits per heavy atom. The minimum absolute atomic E-state index is 0.330. The van der Waals surface area contributed by atoms with E-state index < -0.39 is 0 Å². The highest BCUT2D eigenvalue weighted by atomic mass is 16.2. The van der Waals surface area contributed by atoms with E-state index in [1.54, 1.807) is 0 Å². The molecule has 20 heavy (non-hydrogen) atoms. The lowest BCUT2D eigenvalue weighted by Crippen LogP contribution is -2.34. The van der Waals surface area contributed by atoms with Gasteiger partial charge in [0.15, 0.2) is 0 Å². The number of rotatable bonds is 4. The number of hydrogen-bond donors (Lipinski definition) is 2. The van der Waals surface area contributed by atoms with Crippen molar-refractivity contribution in [3.8, 4) is 0 Å². The Morgan fingerprint density at radius 3 is 2.60 bits per heavy atom. The molecule has 0 aromatic carbocycles. The molecular formula is C17H30N2O. The zero-order valence-corrected chi connectivity index (χ0v) is 12.9. The van der Waals surface area contributed by atoms with Crippen LogP contribution in [0.15, 0.2) is 0 Å². The zero-order chi connectivity index (χ0) is 14.0. The summed E-state index contributed by atoms with van der Waals surface area (Å²) in [5, 5.41) is 6.61. The van der Waals surface area contributed by atoms with Gasteiger partial charge in [-0.15, -0.1) is 0 Å². The van der Waals surface area contributed by atoms with Crippen molar-refractivity contribution in [2.24, 2.45) is 23.2 Å². The third-order valence-corrected chi connectivity index (χ3v) is 6.09. The molecule has 3 aliphatic rings.